The fourth-order valence-corrected chi connectivity index (χ4v) is 5.12. The van der Waals surface area contributed by atoms with E-state index < -0.39 is 0 Å². The van der Waals surface area contributed by atoms with Crippen molar-refractivity contribution >= 4 is 0 Å². The Hall–Kier alpha value is -0.780. The molecule has 0 bridgehead atoms. The molecule has 1 aromatic carbocycles. The first-order valence-electron chi connectivity index (χ1n) is 10.5. The average Bonchev–Trinajstić information content (AvgIpc) is 2.58. The highest BCUT2D eigenvalue weighted by molar-refractivity contribution is 5.42. The minimum Gasteiger partial charge on any atom is -0.0654 e. The van der Waals surface area contributed by atoms with Crippen LogP contribution in [0.5, 0.6) is 0 Å². The van der Waals surface area contributed by atoms with E-state index in [-0.39, 0.29) is 0 Å². The summed E-state index contributed by atoms with van der Waals surface area (Å²) in [5.74, 6) is 1.68. The summed E-state index contributed by atoms with van der Waals surface area (Å²) in [6.07, 6.45) is 12.2. The van der Waals surface area contributed by atoms with Gasteiger partial charge in [0.15, 0.2) is 0 Å². The van der Waals surface area contributed by atoms with Crippen molar-refractivity contribution in [2.75, 3.05) is 0 Å². The fraction of sp³-hybridized carbons (Fsp3) is 0.750. The first-order chi connectivity index (χ1) is 11.4. The first-order valence-corrected chi connectivity index (χ1v) is 10.5. The number of aryl methyl sites for hydroxylation is 3. The molecule has 0 heteroatoms. The van der Waals surface area contributed by atoms with Crippen LogP contribution in [0.15, 0.2) is 12.1 Å². The molecule has 0 radical (unpaired) electrons. The summed E-state index contributed by atoms with van der Waals surface area (Å²) >= 11 is 0. The van der Waals surface area contributed by atoms with Gasteiger partial charge >= 0.3 is 0 Å². The first kappa shape index (κ1) is 19.5. The minimum absolute atomic E-state index is 0.382. The third-order valence-electron chi connectivity index (χ3n) is 7.01. The summed E-state index contributed by atoms with van der Waals surface area (Å²) < 4.78 is 0. The van der Waals surface area contributed by atoms with Gasteiger partial charge in [0, 0.05) is 0 Å². The second-order valence-electron chi connectivity index (χ2n) is 8.68. The molecule has 1 aromatic rings. The standard InChI is InChI=1S/C24H40/c1-7-15-24(8-2)21(6)14-13-18(3)11-9-10-12-22-16-19(4)20(5)17-23(22)24/h16-18,21H,7-15H2,1-6H3. The minimum atomic E-state index is 0.382. The maximum absolute atomic E-state index is 2.57. The van der Waals surface area contributed by atoms with Gasteiger partial charge < -0.3 is 0 Å². The Bertz CT molecular complexity index is 527. The molecule has 0 aromatic heterocycles. The fourth-order valence-electron chi connectivity index (χ4n) is 5.12. The van der Waals surface area contributed by atoms with Crippen LogP contribution in [0.2, 0.25) is 0 Å². The molecule has 0 saturated carbocycles. The van der Waals surface area contributed by atoms with Gasteiger partial charge in [-0.05, 0) is 85.5 Å². The number of benzene rings is 1. The Morgan fingerprint density at radius 3 is 2.33 bits per heavy atom. The third-order valence-corrected chi connectivity index (χ3v) is 7.01. The largest absolute Gasteiger partial charge is 0.0654 e. The Kier molecular flexibility index (Phi) is 6.96. The van der Waals surface area contributed by atoms with E-state index in [1.54, 1.807) is 11.1 Å². The van der Waals surface area contributed by atoms with Crippen LogP contribution in [-0.2, 0) is 11.8 Å². The molecule has 1 aliphatic rings. The summed E-state index contributed by atoms with van der Waals surface area (Å²) in [6.45, 7) is 14.4. The lowest BCUT2D eigenvalue weighted by molar-refractivity contribution is 0.225. The van der Waals surface area contributed by atoms with Gasteiger partial charge in [0.25, 0.3) is 0 Å². The van der Waals surface area contributed by atoms with Gasteiger partial charge in [-0.15, -0.1) is 0 Å². The summed E-state index contributed by atoms with van der Waals surface area (Å²) in [7, 11) is 0. The third kappa shape index (κ3) is 4.06. The van der Waals surface area contributed by atoms with E-state index in [0.29, 0.717) is 5.41 Å². The molecule has 0 nitrogen and oxygen atoms in total. The van der Waals surface area contributed by atoms with E-state index in [4.69, 9.17) is 0 Å². The lowest BCUT2D eigenvalue weighted by Gasteiger charge is -2.41. The van der Waals surface area contributed by atoms with E-state index in [2.05, 4.69) is 53.7 Å². The van der Waals surface area contributed by atoms with Crippen molar-refractivity contribution < 1.29 is 0 Å². The highest BCUT2D eigenvalue weighted by Crippen LogP contribution is 2.45. The van der Waals surface area contributed by atoms with Crippen LogP contribution >= 0.6 is 0 Å². The number of fused-ring (bicyclic) bond motifs is 1. The van der Waals surface area contributed by atoms with Crippen molar-refractivity contribution in [2.24, 2.45) is 11.8 Å². The molecule has 0 spiro atoms. The number of hydrogen-bond acceptors (Lipinski definition) is 0. The molecular formula is C24H40. The van der Waals surface area contributed by atoms with Crippen molar-refractivity contribution in [3.63, 3.8) is 0 Å². The average molecular weight is 329 g/mol. The van der Waals surface area contributed by atoms with Gasteiger partial charge in [0.1, 0.15) is 0 Å². The second kappa shape index (κ2) is 8.54. The Morgan fingerprint density at radius 1 is 0.958 bits per heavy atom. The van der Waals surface area contributed by atoms with Crippen LogP contribution in [-0.4, -0.2) is 0 Å². The van der Waals surface area contributed by atoms with E-state index in [1.807, 2.05) is 0 Å². The Morgan fingerprint density at radius 2 is 1.67 bits per heavy atom. The predicted molar refractivity (Wildman–Crippen MR) is 108 cm³/mol. The zero-order valence-corrected chi connectivity index (χ0v) is 17.2. The molecule has 3 unspecified atom stereocenters. The zero-order valence-electron chi connectivity index (χ0n) is 17.2. The maximum atomic E-state index is 2.57. The van der Waals surface area contributed by atoms with Crippen LogP contribution in [0.4, 0.5) is 0 Å². The van der Waals surface area contributed by atoms with Crippen LogP contribution < -0.4 is 0 Å². The molecule has 0 saturated heterocycles. The molecule has 1 aliphatic carbocycles. The molecule has 136 valence electrons. The van der Waals surface area contributed by atoms with E-state index in [9.17, 15) is 0 Å². The molecule has 3 atom stereocenters. The lowest BCUT2D eigenvalue weighted by atomic mass is 9.63. The molecule has 0 heterocycles. The molecule has 0 N–H and O–H groups in total. The Labute approximate surface area is 151 Å². The zero-order chi connectivity index (χ0) is 17.7. The quantitative estimate of drug-likeness (QED) is 0.538. The van der Waals surface area contributed by atoms with Gasteiger partial charge in [0.2, 0.25) is 0 Å². The predicted octanol–water partition coefficient (Wildman–Crippen LogP) is 7.53. The summed E-state index contributed by atoms with van der Waals surface area (Å²) in [5.41, 5.74) is 6.71. The van der Waals surface area contributed by atoms with Crippen molar-refractivity contribution in [1.29, 1.82) is 0 Å². The van der Waals surface area contributed by atoms with Gasteiger partial charge in [-0.25, -0.2) is 0 Å². The second-order valence-corrected chi connectivity index (χ2v) is 8.68. The molecule has 0 aliphatic heterocycles. The van der Waals surface area contributed by atoms with Crippen molar-refractivity contribution in [3.05, 3.63) is 34.4 Å². The number of rotatable bonds is 3. The van der Waals surface area contributed by atoms with Crippen LogP contribution in [0.25, 0.3) is 0 Å². The van der Waals surface area contributed by atoms with Crippen molar-refractivity contribution in [2.45, 2.75) is 105 Å². The van der Waals surface area contributed by atoms with Gasteiger partial charge in [-0.3, -0.25) is 0 Å². The maximum Gasteiger partial charge on any atom is -0.00213 e. The summed E-state index contributed by atoms with van der Waals surface area (Å²) in [4.78, 5) is 0. The van der Waals surface area contributed by atoms with E-state index in [1.165, 1.54) is 68.9 Å². The van der Waals surface area contributed by atoms with Crippen molar-refractivity contribution in [3.8, 4) is 0 Å². The lowest BCUT2D eigenvalue weighted by Crippen LogP contribution is -2.35. The molecule has 2 rings (SSSR count). The Balaban J connectivity index is 2.56. The summed E-state index contributed by atoms with van der Waals surface area (Å²) in [6, 6.07) is 5.10. The van der Waals surface area contributed by atoms with Gasteiger partial charge in [-0.1, -0.05) is 65.5 Å². The van der Waals surface area contributed by atoms with Crippen LogP contribution in [0.1, 0.15) is 101 Å². The number of hydrogen-bond donors (Lipinski definition) is 0. The summed E-state index contributed by atoms with van der Waals surface area (Å²) in [5, 5.41) is 0. The van der Waals surface area contributed by atoms with Crippen LogP contribution in [0, 0.1) is 25.7 Å². The molecular weight excluding hydrogens is 288 g/mol. The van der Waals surface area contributed by atoms with Crippen LogP contribution in [0.3, 0.4) is 0 Å². The highest BCUT2D eigenvalue weighted by Gasteiger charge is 2.37. The molecule has 0 fully saturated rings. The topological polar surface area (TPSA) is 0 Å². The van der Waals surface area contributed by atoms with Gasteiger partial charge in [0.05, 0.1) is 0 Å². The van der Waals surface area contributed by atoms with E-state index in [0.717, 1.165) is 11.8 Å². The smallest absolute Gasteiger partial charge is 0.00213 e. The normalized spacial score (nSPS) is 28.9. The monoisotopic (exact) mass is 328 g/mol. The van der Waals surface area contributed by atoms with Gasteiger partial charge in [-0.2, -0.15) is 0 Å². The highest BCUT2D eigenvalue weighted by atomic mass is 14.4. The molecule has 0 amide bonds. The van der Waals surface area contributed by atoms with Crippen molar-refractivity contribution in [1.82, 2.24) is 0 Å². The molecule has 24 heavy (non-hydrogen) atoms. The van der Waals surface area contributed by atoms with E-state index >= 15 is 0 Å². The SMILES string of the molecule is CCCC1(CC)c2cc(C)c(C)cc2CCCCC(C)CCC1C.